The van der Waals surface area contributed by atoms with Crippen LogP contribution in [0.1, 0.15) is 11.1 Å². The first-order chi connectivity index (χ1) is 13.9. The van der Waals surface area contributed by atoms with Crippen LogP contribution in [0.25, 0.3) is 0 Å². The second-order valence-electron chi connectivity index (χ2n) is 7.12. The van der Waals surface area contributed by atoms with Gasteiger partial charge in [0.1, 0.15) is 5.82 Å². The number of amides is 2. The molecule has 1 aliphatic heterocycles. The number of rotatable bonds is 6. The first kappa shape index (κ1) is 20.5. The summed E-state index contributed by atoms with van der Waals surface area (Å²) < 4.78 is 13.4. The van der Waals surface area contributed by atoms with Crippen LogP contribution in [0, 0.1) is 12.7 Å². The number of anilines is 1. The van der Waals surface area contributed by atoms with Gasteiger partial charge in [-0.25, -0.2) is 4.39 Å². The highest BCUT2D eigenvalue weighted by molar-refractivity contribution is 6.36. The molecule has 1 aliphatic rings. The van der Waals surface area contributed by atoms with E-state index in [0.29, 0.717) is 26.2 Å². The zero-order chi connectivity index (χ0) is 20.8. The zero-order valence-corrected chi connectivity index (χ0v) is 16.4. The molecule has 1 saturated heterocycles. The fraction of sp³-hybridized carbons (Fsp3) is 0.318. The number of piperazine rings is 1. The van der Waals surface area contributed by atoms with Gasteiger partial charge in [-0.15, -0.1) is 0 Å². The van der Waals surface area contributed by atoms with Crippen LogP contribution in [0.3, 0.4) is 0 Å². The lowest BCUT2D eigenvalue weighted by Crippen LogP contribution is -2.51. The van der Waals surface area contributed by atoms with Crippen molar-refractivity contribution in [2.75, 3.05) is 37.6 Å². The Hall–Kier alpha value is -3.22. The van der Waals surface area contributed by atoms with Crippen LogP contribution < -0.4 is 10.2 Å². The van der Waals surface area contributed by atoms with E-state index in [-0.39, 0.29) is 24.7 Å². The second kappa shape index (κ2) is 9.32. The Morgan fingerprint density at radius 2 is 1.69 bits per heavy atom. The van der Waals surface area contributed by atoms with Crippen molar-refractivity contribution in [1.82, 2.24) is 10.2 Å². The van der Waals surface area contributed by atoms with Crippen LogP contribution in [0.5, 0.6) is 0 Å². The topological polar surface area (TPSA) is 69.7 Å². The summed E-state index contributed by atoms with van der Waals surface area (Å²) in [6.45, 7) is 3.84. The van der Waals surface area contributed by atoms with Crippen molar-refractivity contribution in [3.8, 4) is 0 Å². The quantitative estimate of drug-likeness (QED) is 0.754. The molecule has 0 atom stereocenters. The Labute approximate surface area is 169 Å². The molecule has 0 unspecified atom stereocenters. The van der Waals surface area contributed by atoms with E-state index in [1.807, 2.05) is 42.2 Å². The van der Waals surface area contributed by atoms with E-state index < -0.39 is 11.7 Å². The molecule has 0 saturated carbocycles. The Morgan fingerprint density at radius 1 is 1.00 bits per heavy atom. The van der Waals surface area contributed by atoms with Crippen molar-refractivity contribution >= 4 is 23.3 Å². The Kier molecular flexibility index (Phi) is 6.59. The number of hydrogen-bond donors (Lipinski definition) is 1. The highest BCUT2D eigenvalue weighted by Crippen LogP contribution is 2.17. The largest absolute Gasteiger partial charge is 0.368 e. The Bertz CT molecular complexity index is 890. The number of carbonyl (C=O) groups excluding carboxylic acids is 3. The molecule has 0 aliphatic carbocycles. The third-order valence-corrected chi connectivity index (χ3v) is 4.94. The van der Waals surface area contributed by atoms with Crippen LogP contribution in [0.15, 0.2) is 48.5 Å². The molecule has 3 rings (SSSR count). The Balaban J connectivity index is 1.43. The standard InChI is InChI=1S/C22H24FN3O3/c1-16-5-7-17(8-6-16)13-20(27)22(29)24-15-21(28)26-11-9-25(10-12-26)19-4-2-3-18(23)14-19/h2-8,14H,9-13,15H2,1H3,(H,24,29). The highest BCUT2D eigenvalue weighted by atomic mass is 19.1. The molecule has 1 fully saturated rings. The van der Waals surface area contributed by atoms with Crippen molar-refractivity contribution in [1.29, 1.82) is 0 Å². The molecule has 2 aromatic carbocycles. The lowest BCUT2D eigenvalue weighted by Gasteiger charge is -2.36. The first-order valence-electron chi connectivity index (χ1n) is 9.57. The predicted octanol–water partition coefficient (Wildman–Crippen LogP) is 1.71. The maximum atomic E-state index is 13.4. The lowest BCUT2D eigenvalue weighted by molar-refractivity contribution is -0.139. The van der Waals surface area contributed by atoms with E-state index in [1.54, 1.807) is 11.0 Å². The first-order valence-corrected chi connectivity index (χ1v) is 9.57. The summed E-state index contributed by atoms with van der Waals surface area (Å²) in [5.74, 6) is -1.85. The summed E-state index contributed by atoms with van der Waals surface area (Å²) in [6.07, 6.45) is 0.00656. The molecule has 1 N–H and O–H groups in total. The highest BCUT2D eigenvalue weighted by Gasteiger charge is 2.23. The molecule has 29 heavy (non-hydrogen) atoms. The summed E-state index contributed by atoms with van der Waals surface area (Å²) in [7, 11) is 0. The average molecular weight is 397 g/mol. The fourth-order valence-electron chi connectivity index (χ4n) is 3.22. The van der Waals surface area contributed by atoms with Crippen molar-refractivity contribution in [2.24, 2.45) is 0 Å². The number of halogens is 1. The molecule has 0 bridgehead atoms. The summed E-state index contributed by atoms with van der Waals surface area (Å²) in [4.78, 5) is 40.0. The maximum absolute atomic E-state index is 13.4. The van der Waals surface area contributed by atoms with Crippen molar-refractivity contribution < 1.29 is 18.8 Å². The van der Waals surface area contributed by atoms with Gasteiger partial charge in [0, 0.05) is 38.3 Å². The van der Waals surface area contributed by atoms with Crippen LogP contribution in [-0.4, -0.2) is 55.2 Å². The van der Waals surface area contributed by atoms with E-state index >= 15 is 0 Å². The number of ketones is 1. The zero-order valence-electron chi connectivity index (χ0n) is 16.4. The number of benzene rings is 2. The lowest BCUT2D eigenvalue weighted by atomic mass is 10.1. The third kappa shape index (κ3) is 5.63. The van der Waals surface area contributed by atoms with Gasteiger partial charge in [-0.05, 0) is 30.7 Å². The maximum Gasteiger partial charge on any atom is 0.288 e. The number of carbonyl (C=O) groups is 3. The number of Topliss-reactive ketones (excluding diaryl/α,β-unsaturated/α-hetero) is 1. The molecule has 0 aromatic heterocycles. The van der Waals surface area contributed by atoms with Crippen LogP contribution in [0.2, 0.25) is 0 Å². The molecule has 0 radical (unpaired) electrons. The van der Waals surface area contributed by atoms with E-state index in [9.17, 15) is 18.8 Å². The summed E-state index contributed by atoms with van der Waals surface area (Å²) >= 11 is 0. The van der Waals surface area contributed by atoms with Gasteiger partial charge in [0.05, 0.1) is 6.54 Å². The van der Waals surface area contributed by atoms with Gasteiger partial charge >= 0.3 is 0 Å². The van der Waals surface area contributed by atoms with Gasteiger partial charge in [-0.1, -0.05) is 35.9 Å². The SMILES string of the molecule is Cc1ccc(CC(=O)C(=O)NCC(=O)N2CCN(c3cccc(F)c3)CC2)cc1. The molecule has 0 spiro atoms. The van der Waals surface area contributed by atoms with Gasteiger partial charge in [-0.3, -0.25) is 14.4 Å². The van der Waals surface area contributed by atoms with Gasteiger partial charge in [0.25, 0.3) is 5.91 Å². The normalized spacial score (nSPS) is 13.9. The number of hydrogen-bond acceptors (Lipinski definition) is 4. The fourth-order valence-corrected chi connectivity index (χ4v) is 3.22. The molecule has 2 aromatic rings. The van der Waals surface area contributed by atoms with Gasteiger partial charge in [-0.2, -0.15) is 0 Å². The number of nitrogens with zero attached hydrogens (tertiary/aromatic N) is 2. The monoisotopic (exact) mass is 397 g/mol. The predicted molar refractivity (Wildman–Crippen MR) is 108 cm³/mol. The van der Waals surface area contributed by atoms with Gasteiger partial charge in [0.2, 0.25) is 11.7 Å². The van der Waals surface area contributed by atoms with E-state index in [1.165, 1.54) is 12.1 Å². The second-order valence-corrected chi connectivity index (χ2v) is 7.12. The molecule has 1 heterocycles. The van der Waals surface area contributed by atoms with Gasteiger partial charge in [0.15, 0.2) is 0 Å². The minimum atomic E-state index is -0.752. The van der Waals surface area contributed by atoms with E-state index in [0.717, 1.165) is 16.8 Å². The van der Waals surface area contributed by atoms with Crippen molar-refractivity contribution in [3.63, 3.8) is 0 Å². The number of nitrogens with one attached hydrogen (secondary N) is 1. The molecular formula is C22H24FN3O3. The van der Waals surface area contributed by atoms with Gasteiger partial charge < -0.3 is 15.1 Å². The van der Waals surface area contributed by atoms with Crippen molar-refractivity contribution in [2.45, 2.75) is 13.3 Å². The summed E-state index contributed by atoms with van der Waals surface area (Å²) in [6, 6.07) is 13.7. The molecule has 6 nitrogen and oxygen atoms in total. The van der Waals surface area contributed by atoms with Crippen LogP contribution in [-0.2, 0) is 20.8 Å². The number of aryl methyl sites for hydroxylation is 1. The summed E-state index contributed by atoms with van der Waals surface area (Å²) in [5.41, 5.74) is 2.62. The Morgan fingerprint density at radius 3 is 2.34 bits per heavy atom. The molecular weight excluding hydrogens is 373 g/mol. The average Bonchev–Trinajstić information content (AvgIpc) is 2.73. The van der Waals surface area contributed by atoms with E-state index in [2.05, 4.69) is 5.32 Å². The smallest absolute Gasteiger partial charge is 0.288 e. The summed E-state index contributed by atoms with van der Waals surface area (Å²) in [5, 5.41) is 2.42. The minimum Gasteiger partial charge on any atom is -0.368 e. The van der Waals surface area contributed by atoms with E-state index in [4.69, 9.17) is 0 Å². The van der Waals surface area contributed by atoms with Crippen LogP contribution >= 0.6 is 0 Å². The molecule has 2 amide bonds. The third-order valence-electron chi connectivity index (χ3n) is 4.94. The van der Waals surface area contributed by atoms with Crippen molar-refractivity contribution in [3.05, 3.63) is 65.5 Å². The molecule has 7 heteroatoms. The van der Waals surface area contributed by atoms with Crippen LogP contribution in [0.4, 0.5) is 10.1 Å². The minimum absolute atomic E-state index is 0.00656. The molecule has 152 valence electrons.